The normalized spacial score (nSPS) is 21.8. The lowest BCUT2D eigenvalue weighted by Crippen LogP contribution is -2.59. The zero-order valence-corrected chi connectivity index (χ0v) is 13.4. The predicted octanol–water partition coefficient (Wildman–Crippen LogP) is 0.747. The van der Waals surface area contributed by atoms with E-state index in [9.17, 15) is 18.8 Å². The number of piperazine rings is 1. The van der Waals surface area contributed by atoms with Crippen LogP contribution in [0.2, 0.25) is 0 Å². The second-order valence-electron chi connectivity index (χ2n) is 6.15. The summed E-state index contributed by atoms with van der Waals surface area (Å²) >= 11 is 0. The molecule has 1 aromatic carbocycles. The Morgan fingerprint density at radius 3 is 2.71 bits per heavy atom. The molecule has 24 heavy (non-hydrogen) atoms. The van der Waals surface area contributed by atoms with Crippen molar-refractivity contribution in [1.29, 1.82) is 0 Å². The number of carbonyl (C=O) groups is 3. The number of halogens is 1. The van der Waals surface area contributed by atoms with Crippen molar-refractivity contribution in [1.82, 2.24) is 10.2 Å². The number of nitrogens with one attached hydrogen (secondary N) is 1. The minimum Gasteiger partial charge on any atom is -0.469 e. The molecule has 3 rings (SSSR count). The van der Waals surface area contributed by atoms with Gasteiger partial charge in [-0.05, 0) is 18.9 Å². The fraction of sp³-hybridized carbons (Fsp3) is 0.471. The summed E-state index contributed by atoms with van der Waals surface area (Å²) in [6, 6.07) is 5.30. The fourth-order valence-corrected chi connectivity index (χ4v) is 3.25. The highest BCUT2D eigenvalue weighted by Crippen LogP contribution is 2.50. The molecule has 2 fully saturated rings. The van der Waals surface area contributed by atoms with Gasteiger partial charge >= 0.3 is 5.97 Å². The summed E-state index contributed by atoms with van der Waals surface area (Å²) in [4.78, 5) is 38.2. The van der Waals surface area contributed by atoms with E-state index in [0.29, 0.717) is 31.5 Å². The molecule has 0 bridgehead atoms. The first kappa shape index (κ1) is 16.4. The van der Waals surface area contributed by atoms with Crippen LogP contribution in [0.25, 0.3) is 0 Å². The molecule has 0 aromatic heterocycles. The van der Waals surface area contributed by atoms with E-state index < -0.39 is 23.2 Å². The Labute approximate surface area is 139 Å². The molecule has 128 valence electrons. The Morgan fingerprint density at radius 2 is 2.08 bits per heavy atom. The predicted molar refractivity (Wildman–Crippen MR) is 82.5 cm³/mol. The number of hydrogen-bond acceptors (Lipinski definition) is 4. The van der Waals surface area contributed by atoms with Crippen LogP contribution in [0.4, 0.5) is 4.39 Å². The van der Waals surface area contributed by atoms with Gasteiger partial charge in [0.05, 0.1) is 18.9 Å². The maximum absolute atomic E-state index is 14.2. The van der Waals surface area contributed by atoms with Gasteiger partial charge in [-0.15, -0.1) is 0 Å². The molecule has 6 nitrogen and oxygen atoms in total. The average Bonchev–Trinajstić information content (AvgIpc) is 3.38. The zero-order chi connectivity index (χ0) is 17.3. The smallest absolute Gasteiger partial charge is 0.308 e. The van der Waals surface area contributed by atoms with Crippen LogP contribution < -0.4 is 5.32 Å². The van der Waals surface area contributed by atoms with Crippen LogP contribution in [0.3, 0.4) is 0 Å². The van der Waals surface area contributed by atoms with Crippen LogP contribution >= 0.6 is 0 Å². The van der Waals surface area contributed by atoms with Gasteiger partial charge in [0.1, 0.15) is 11.9 Å². The molecule has 1 saturated carbocycles. The van der Waals surface area contributed by atoms with E-state index >= 15 is 0 Å². The highest BCUT2D eigenvalue weighted by Gasteiger charge is 2.56. The Bertz CT molecular complexity index is 687. The molecular formula is C17H19FN2O4. The molecule has 7 heteroatoms. The second-order valence-corrected chi connectivity index (χ2v) is 6.15. The Balaban J connectivity index is 1.88. The molecule has 1 atom stereocenters. The van der Waals surface area contributed by atoms with E-state index in [0.717, 1.165) is 0 Å². The lowest BCUT2D eigenvalue weighted by molar-refractivity contribution is -0.151. The van der Waals surface area contributed by atoms with Crippen molar-refractivity contribution in [2.45, 2.75) is 30.7 Å². The third-order valence-corrected chi connectivity index (χ3v) is 4.73. The molecule has 0 spiro atoms. The Morgan fingerprint density at radius 1 is 1.38 bits per heavy atom. The van der Waals surface area contributed by atoms with Crippen molar-refractivity contribution in [2.75, 3.05) is 20.2 Å². The third kappa shape index (κ3) is 2.74. The van der Waals surface area contributed by atoms with E-state index in [1.807, 2.05) is 0 Å². The van der Waals surface area contributed by atoms with Crippen LogP contribution in [0.15, 0.2) is 24.3 Å². The summed E-state index contributed by atoms with van der Waals surface area (Å²) in [6.07, 6.45) is 0.868. The van der Waals surface area contributed by atoms with Gasteiger partial charge in [0.2, 0.25) is 11.8 Å². The molecular weight excluding hydrogens is 315 g/mol. The van der Waals surface area contributed by atoms with E-state index in [2.05, 4.69) is 10.1 Å². The molecule has 1 N–H and O–H groups in total. The molecule has 2 amide bonds. The molecule has 1 heterocycles. The van der Waals surface area contributed by atoms with Gasteiger partial charge in [0.25, 0.3) is 0 Å². The van der Waals surface area contributed by atoms with E-state index in [-0.39, 0.29) is 18.2 Å². The Hall–Kier alpha value is -2.44. The average molecular weight is 334 g/mol. The number of esters is 1. The summed E-state index contributed by atoms with van der Waals surface area (Å²) in [5.41, 5.74) is -0.560. The largest absolute Gasteiger partial charge is 0.469 e. The number of benzene rings is 1. The van der Waals surface area contributed by atoms with Crippen molar-refractivity contribution in [2.24, 2.45) is 0 Å². The molecule has 0 unspecified atom stereocenters. The maximum atomic E-state index is 14.2. The monoisotopic (exact) mass is 334 g/mol. The molecule has 1 aromatic rings. The number of amides is 2. The summed E-state index contributed by atoms with van der Waals surface area (Å²) in [5, 5.41) is 2.65. The molecule has 1 aliphatic heterocycles. The number of carbonyl (C=O) groups excluding carboxylic acids is 3. The summed E-state index contributed by atoms with van der Waals surface area (Å²) in [7, 11) is 1.23. The van der Waals surface area contributed by atoms with Gasteiger partial charge in [-0.3, -0.25) is 14.4 Å². The highest BCUT2D eigenvalue weighted by molar-refractivity contribution is 5.97. The van der Waals surface area contributed by atoms with Crippen LogP contribution in [-0.4, -0.2) is 48.9 Å². The minimum absolute atomic E-state index is 0.207. The van der Waals surface area contributed by atoms with Crippen molar-refractivity contribution in [3.63, 3.8) is 0 Å². The van der Waals surface area contributed by atoms with Crippen molar-refractivity contribution >= 4 is 17.8 Å². The van der Waals surface area contributed by atoms with Gasteiger partial charge in [-0.1, -0.05) is 18.2 Å². The van der Waals surface area contributed by atoms with Crippen molar-refractivity contribution < 1.29 is 23.5 Å². The summed E-state index contributed by atoms with van der Waals surface area (Å²) in [6.45, 7) is 0.609. The highest BCUT2D eigenvalue weighted by atomic mass is 19.1. The number of hydrogen-bond donors (Lipinski definition) is 1. The third-order valence-electron chi connectivity index (χ3n) is 4.73. The molecule has 0 radical (unpaired) electrons. The lowest BCUT2D eigenvalue weighted by Gasteiger charge is -2.37. The summed E-state index contributed by atoms with van der Waals surface area (Å²) < 4.78 is 18.8. The lowest BCUT2D eigenvalue weighted by atomic mass is 9.92. The first-order valence-electron chi connectivity index (χ1n) is 7.90. The van der Waals surface area contributed by atoms with Gasteiger partial charge in [-0.2, -0.15) is 0 Å². The zero-order valence-electron chi connectivity index (χ0n) is 13.4. The van der Waals surface area contributed by atoms with Crippen molar-refractivity contribution in [3.05, 3.63) is 35.6 Å². The second kappa shape index (κ2) is 6.22. The van der Waals surface area contributed by atoms with Crippen molar-refractivity contribution in [3.8, 4) is 0 Å². The first-order chi connectivity index (χ1) is 11.5. The van der Waals surface area contributed by atoms with Gasteiger partial charge in [-0.25, -0.2) is 4.39 Å². The van der Waals surface area contributed by atoms with E-state index in [1.54, 1.807) is 18.2 Å². The number of nitrogens with zero attached hydrogens (tertiary/aromatic N) is 1. The number of methoxy groups -OCH3 is 1. The van der Waals surface area contributed by atoms with Gasteiger partial charge in [0, 0.05) is 18.7 Å². The fourth-order valence-electron chi connectivity index (χ4n) is 3.25. The van der Waals surface area contributed by atoms with Crippen LogP contribution in [0.5, 0.6) is 0 Å². The standard InChI is InChI=1S/C17H19FN2O4/c1-24-14(21)10-13-15(22)19-8-9-20(13)16(23)17(6-7-17)11-4-2-3-5-12(11)18/h2-5,13H,6-10H2,1H3,(H,19,22)/t13-/m1/s1. The van der Waals surface area contributed by atoms with Gasteiger partial charge < -0.3 is 15.0 Å². The van der Waals surface area contributed by atoms with E-state index in [4.69, 9.17) is 0 Å². The molecule has 2 aliphatic rings. The first-order valence-corrected chi connectivity index (χ1v) is 7.90. The molecule has 1 aliphatic carbocycles. The van der Waals surface area contributed by atoms with Crippen LogP contribution in [0, 0.1) is 5.82 Å². The summed E-state index contributed by atoms with van der Waals surface area (Å²) in [5.74, 6) is -1.67. The quantitative estimate of drug-likeness (QED) is 0.825. The Kier molecular flexibility index (Phi) is 4.26. The maximum Gasteiger partial charge on any atom is 0.308 e. The molecule has 1 saturated heterocycles. The van der Waals surface area contributed by atoms with Crippen LogP contribution in [0.1, 0.15) is 24.8 Å². The van der Waals surface area contributed by atoms with Gasteiger partial charge in [0.15, 0.2) is 0 Å². The number of ether oxygens (including phenoxy) is 1. The topological polar surface area (TPSA) is 75.7 Å². The SMILES string of the molecule is COC(=O)C[C@@H]1C(=O)NCCN1C(=O)C1(c2ccccc2F)CC1. The van der Waals surface area contributed by atoms with E-state index in [1.165, 1.54) is 18.1 Å². The van der Waals surface area contributed by atoms with Crippen LogP contribution in [-0.2, 0) is 24.5 Å². The number of rotatable bonds is 4. The minimum atomic E-state index is -0.919.